The van der Waals surface area contributed by atoms with Crippen molar-refractivity contribution in [2.24, 2.45) is 5.92 Å². The fourth-order valence-electron chi connectivity index (χ4n) is 3.28. The highest BCUT2D eigenvalue weighted by Crippen LogP contribution is 2.39. The van der Waals surface area contributed by atoms with Crippen molar-refractivity contribution >= 4 is 23.2 Å². The summed E-state index contributed by atoms with van der Waals surface area (Å²) in [6.45, 7) is 3.14. The summed E-state index contributed by atoms with van der Waals surface area (Å²) in [4.78, 5) is 2.43. The zero-order chi connectivity index (χ0) is 12.8. The molecule has 2 nitrogen and oxygen atoms in total. The highest BCUT2D eigenvalue weighted by atomic mass is 35.5. The number of hydrogen-bond acceptors (Lipinski definition) is 2. The molecule has 2 aliphatic rings. The van der Waals surface area contributed by atoms with Crippen LogP contribution in [0.4, 0.5) is 0 Å². The van der Waals surface area contributed by atoms with Gasteiger partial charge in [-0.25, -0.2) is 0 Å². The Hall–Kier alpha value is -0.280. The Morgan fingerprint density at radius 2 is 2.17 bits per heavy atom. The number of benzene rings is 1. The Morgan fingerprint density at radius 1 is 1.33 bits per heavy atom. The maximum Gasteiger partial charge on any atom is 0.0741 e. The van der Waals surface area contributed by atoms with Gasteiger partial charge in [-0.3, -0.25) is 0 Å². The quantitative estimate of drug-likeness (QED) is 0.903. The van der Waals surface area contributed by atoms with Gasteiger partial charge in [-0.1, -0.05) is 35.3 Å². The number of piperidine rings is 1. The molecule has 0 aromatic heterocycles. The fraction of sp³-hybridized carbons (Fsp3) is 0.571. The number of fused-ring (bicyclic) bond motifs is 2. The van der Waals surface area contributed by atoms with Crippen LogP contribution < -0.4 is 0 Å². The van der Waals surface area contributed by atoms with Crippen molar-refractivity contribution in [2.75, 3.05) is 19.6 Å². The van der Waals surface area contributed by atoms with Crippen LogP contribution in [0.2, 0.25) is 10.0 Å². The lowest BCUT2D eigenvalue weighted by molar-refractivity contribution is -0.0438. The van der Waals surface area contributed by atoms with Gasteiger partial charge in [0, 0.05) is 25.4 Å². The van der Waals surface area contributed by atoms with Crippen molar-refractivity contribution in [1.29, 1.82) is 0 Å². The monoisotopic (exact) mass is 285 g/mol. The highest BCUT2D eigenvalue weighted by Gasteiger charge is 2.44. The topological polar surface area (TPSA) is 23.5 Å². The molecule has 3 unspecified atom stereocenters. The Morgan fingerprint density at radius 3 is 3.00 bits per heavy atom. The molecule has 0 spiro atoms. The van der Waals surface area contributed by atoms with Crippen molar-refractivity contribution in [3.8, 4) is 0 Å². The lowest BCUT2D eigenvalue weighted by Gasteiger charge is -2.39. The molecule has 98 valence electrons. The van der Waals surface area contributed by atoms with E-state index in [0.717, 1.165) is 38.0 Å². The van der Waals surface area contributed by atoms with Gasteiger partial charge in [0.2, 0.25) is 0 Å². The van der Waals surface area contributed by atoms with Crippen molar-refractivity contribution < 1.29 is 5.11 Å². The first-order chi connectivity index (χ1) is 8.58. The van der Waals surface area contributed by atoms with E-state index in [4.69, 9.17) is 23.2 Å². The van der Waals surface area contributed by atoms with Gasteiger partial charge in [0.15, 0.2) is 0 Å². The van der Waals surface area contributed by atoms with Crippen molar-refractivity contribution in [3.05, 3.63) is 33.8 Å². The molecule has 1 aromatic carbocycles. The Labute approximate surface area is 117 Å². The summed E-state index contributed by atoms with van der Waals surface area (Å²) in [6.07, 6.45) is 2.54. The number of aliphatic hydroxyl groups is 1. The summed E-state index contributed by atoms with van der Waals surface area (Å²) >= 11 is 12.3. The predicted octanol–water partition coefficient (Wildman–Crippen LogP) is 2.99. The summed E-state index contributed by atoms with van der Waals surface area (Å²) in [5.74, 6) is 0.376. The molecule has 2 aliphatic heterocycles. The first-order valence-electron chi connectivity index (χ1n) is 6.46. The molecule has 2 saturated heterocycles. The summed E-state index contributed by atoms with van der Waals surface area (Å²) in [5, 5.41) is 12.1. The van der Waals surface area contributed by atoms with Crippen molar-refractivity contribution in [1.82, 2.24) is 4.90 Å². The molecule has 4 heteroatoms. The molecule has 3 rings (SSSR count). The van der Waals surface area contributed by atoms with Crippen LogP contribution in [0, 0.1) is 5.92 Å². The molecular weight excluding hydrogens is 269 g/mol. The first kappa shape index (κ1) is 12.7. The average molecular weight is 286 g/mol. The van der Waals surface area contributed by atoms with Crippen LogP contribution in [0.1, 0.15) is 18.4 Å². The molecule has 3 atom stereocenters. The summed E-state index contributed by atoms with van der Waals surface area (Å²) in [7, 11) is 0. The number of nitrogens with zero attached hydrogens (tertiary/aromatic N) is 1. The van der Waals surface area contributed by atoms with Crippen LogP contribution in [0.5, 0.6) is 0 Å². The highest BCUT2D eigenvalue weighted by molar-refractivity contribution is 6.42. The van der Waals surface area contributed by atoms with E-state index in [9.17, 15) is 5.11 Å². The lowest BCUT2D eigenvalue weighted by atomic mass is 9.78. The van der Waals surface area contributed by atoms with Gasteiger partial charge in [0.05, 0.1) is 15.6 Å². The number of rotatable bonds is 2. The minimum absolute atomic E-state index is 0.376. The average Bonchev–Trinajstić information content (AvgIpc) is 2.77. The normalized spacial score (nSPS) is 34.8. The van der Waals surface area contributed by atoms with Crippen LogP contribution >= 0.6 is 23.2 Å². The second-order valence-corrected chi connectivity index (χ2v) is 6.31. The second-order valence-electron chi connectivity index (χ2n) is 5.53. The molecule has 1 aromatic rings. The van der Waals surface area contributed by atoms with Crippen LogP contribution in [0.3, 0.4) is 0 Å². The van der Waals surface area contributed by atoms with Crippen molar-refractivity contribution in [3.63, 3.8) is 0 Å². The summed E-state index contributed by atoms with van der Waals surface area (Å²) < 4.78 is 0. The third-order valence-corrected chi connectivity index (χ3v) is 5.28. The van der Waals surface area contributed by atoms with Crippen LogP contribution in [0.15, 0.2) is 18.2 Å². The Balaban J connectivity index is 1.85. The van der Waals surface area contributed by atoms with Crippen LogP contribution in [-0.4, -0.2) is 35.2 Å². The number of hydrogen-bond donors (Lipinski definition) is 1. The van der Waals surface area contributed by atoms with Gasteiger partial charge in [-0.15, -0.1) is 0 Å². The third kappa shape index (κ3) is 2.16. The largest absolute Gasteiger partial charge is 0.389 e. The molecule has 2 fully saturated rings. The van der Waals surface area contributed by atoms with Gasteiger partial charge < -0.3 is 10.0 Å². The van der Waals surface area contributed by atoms with E-state index in [-0.39, 0.29) is 0 Å². The van der Waals surface area contributed by atoms with Crippen LogP contribution in [-0.2, 0) is 6.42 Å². The SMILES string of the molecule is OC1(Cc2cccc(Cl)c2Cl)CCN2CCC1C2. The van der Waals surface area contributed by atoms with E-state index < -0.39 is 5.60 Å². The van der Waals surface area contributed by atoms with E-state index >= 15 is 0 Å². The molecule has 1 N–H and O–H groups in total. The summed E-state index contributed by atoms with van der Waals surface area (Å²) in [6, 6.07) is 5.65. The maximum absolute atomic E-state index is 10.9. The van der Waals surface area contributed by atoms with E-state index in [1.54, 1.807) is 6.07 Å². The molecule has 2 heterocycles. The van der Waals surface area contributed by atoms with Crippen LogP contribution in [0.25, 0.3) is 0 Å². The minimum Gasteiger partial charge on any atom is -0.389 e. The smallest absolute Gasteiger partial charge is 0.0741 e. The molecule has 0 saturated carbocycles. The first-order valence-corrected chi connectivity index (χ1v) is 7.22. The zero-order valence-corrected chi connectivity index (χ0v) is 11.7. The second kappa shape index (κ2) is 4.68. The molecule has 2 bridgehead atoms. The molecule has 18 heavy (non-hydrogen) atoms. The number of halogens is 2. The minimum atomic E-state index is -0.610. The molecule has 0 radical (unpaired) electrons. The molecule has 0 amide bonds. The standard InChI is InChI=1S/C14H17Cl2NO/c15-12-3-1-2-10(13(12)16)8-14(18)5-7-17-6-4-11(14)9-17/h1-3,11,18H,4-9H2. The summed E-state index contributed by atoms with van der Waals surface area (Å²) in [5.41, 5.74) is 0.355. The maximum atomic E-state index is 10.9. The lowest BCUT2D eigenvalue weighted by Crippen LogP contribution is -2.47. The van der Waals surface area contributed by atoms with E-state index in [2.05, 4.69) is 4.90 Å². The van der Waals surface area contributed by atoms with Gasteiger partial charge in [-0.2, -0.15) is 0 Å². The zero-order valence-electron chi connectivity index (χ0n) is 10.2. The molecular formula is C14H17Cl2NO. The van der Waals surface area contributed by atoms with Gasteiger partial charge in [0.1, 0.15) is 0 Å². The predicted molar refractivity (Wildman–Crippen MR) is 74.3 cm³/mol. The van der Waals surface area contributed by atoms with E-state index in [1.165, 1.54) is 0 Å². The van der Waals surface area contributed by atoms with Gasteiger partial charge in [0.25, 0.3) is 0 Å². The van der Waals surface area contributed by atoms with Gasteiger partial charge in [-0.05, 0) is 31.0 Å². The van der Waals surface area contributed by atoms with Crippen molar-refractivity contribution in [2.45, 2.75) is 24.9 Å². The molecule has 0 aliphatic carbocycles. The Bertz CT molecular complexity index is 465. The van der Waals surface area contributed by atoms with Gasteiger partial charge >= 0.3 is 0 Å². The third-order valence-electron chi connectivity index (χ3n) is 4.42. The van der Waals surface area contributed by atoms with E-state index in [1.807, 2.05) is 12.1 Å². The fourth-order valence-corrected chi connectivity index (χ4v) is 3.66. The van der Waals surface area contributed by atoms with E-state index in [0.29, 0.717) is 22.4 Å². The Kier molecular flexibility index (Phi) is 3.31.